The molecule has 0 radical (unpaired) electrons. The van der Waals surface area contributed by atoms with Gasteiger partial charge in [0.05, 0.1) is 34.6 Å². The lowest BCUT2D eigenvalue weighted by Crippen LogP contribution is -2.46. The van der Waals surface area contributed by atoms with Crippen molar-refractivity contribution in [1.29, 1.82) is 0 Å². The quantitative estimate of drug-likeness (QED) is 0.208. The molecule has 1 amide bonds. The molecule has 1 fully saturated rings. The molecule has 4 rings (SSSR count). The van der Waals surface area contributed by atoms with Crippen molar-refractivity contribution in [2.24, 2.45) is 5.92 Å². The molecule has 10 heteroatoms. The highest BCUT2D eigenvalue weighted by atomic mass is 35.5. The van der Waals surface area contributed by atoms with Crippen molar-refractivity contribution in [3.63, 3.8) is 0 Å². The van der Waals surface area contributed by atoms with E-state index >= 15 is 0 Å². The van der Waals surface area contributed by atoms with Gasteiger partial charge >= 0.3 is 6.16 Å². The number of hydrogen-bond acceptors (Lipinski definition) is 7. The Labute approximate surface area is 247 Å². The Morgan fingerprint density at radius 3 is 2.52 bits per heavy atom. The molecule has 2 aliphatic heterocycles. The molecular weight excluding hydrogens is 553 g/mol. The normalized spacial score (nSPS) is 15.8. The summed E-state index contributed by atoms with van der Waals surface area (Å²) >= 11 is 12.6. The van der Waals surface area contributed by atoms with Crippen LogP contribution in [0.25, 0.3) is 0 Å². The highest BCUT2D eigenvalue weighted by Gasteiger charge is 2.26. The molecule has 8 nitrogen and oxygen atoms in total. The third kappa shape index (κ3) is 8.41. The molecule has 0 unspecified atom stereocenters. The Morgan fingerprint density at radius 2 is 1.75 bits per heavy atom. The van der Waals surface area contributed by atoms with E-state index in [4.69, 9.17) is 37.4 Å². The maximum atomic E-state index is 12.6. The number of fused-ring (bicyclic) bond motifs is 1. The standard InChI is InChI=1S/C30H39Cl2N3O5/c1-22(2)12-19-39-30(37)40-21-35-27-20-24(10-8-23(27)9-11-28(35)36)38-18-4-3-13-33-14-16-34(17-15-33)26-7-5-6-25(31)29(26)32/h5-8,10,20,22H,3-4,9,11-19,21H2,1-2H3. The molecule has 0 spiro atoms. The average molecular weight is 593 g/mol. The van der Waals surface area contributed by atoms with Crippen LogP contribution in [-0.2, 0) is 20.7 Å². The second kappa shape index (κ2) is 14.8. The summed E-state index contributed by atoms with van der Waals surface area (Å²) in [6.45, 7) is 9.62. The van der Waals surface area contributed by atoms with Gasteiger partial charge < -0.3 is 19.1 Å². The minimum atomic E-state index is -0.761. The zero-order chi connectivity index (χ0) is 28.5. The van der Waals surface area contributed by atoms with Gasteiger partial charge in [-0.1, -0.05) is 49.2 Å². The third-order valence-electron chi connectivity index (χ3n) is 7.27. The van der Waals surface area contributed by atoms with Crippen molar-refractivity contribution in [3.8, 4) is 5.75 Å². The molecule has 2 aromatic rings. The maximum absolute atomic E-state index is 12.6. The Hall–Kier alpha value is -2.68. The molecule has 0 aromatic heterocycles. The van der Waals surface area contributed by atoms with Crippen molar-refractivity contribution < 1.29 is 23.8 Å². The van der Waals surface area contributed by atoms with E-state index in [0.29, 0.717) is 47.8 Å². The lowest BCUT2D eigenvalue weighted by Gasteiger charge is -2.36. The van der Waals surface area contributed by atoms with E-state index in [0.717, 1.165) is 68.9 Å². The second-order valence-corrected chi connectivity index (χ2v) is 11.4. The summed E-state index contributed by atoms with van der Waals surface area (Å²) < 4.78 is 16.4. The van der Waals surface area contributed by atoms with Crippen molar-refractivity contribution in [2.45, 2.75) is 46.0 Å². The number of anilines is 2. The maximum Gasteiger partial charge on any atom is 0.510 e. The highest BCUT2D eigenvalue weighted by Crippen LogP contribution is 2.33. The Kier molecular flexibility index (Phi) is 11.2. The van der Waals surface area contributed by atoms with Crippen molar-refractivity contribution in [2.75, 3.05) is 62.5 Å². The van der Waals surface area contributed by atoms with Crippen LogP contribution in [-0.4, -0.2) is 69.6 Å². The van der Waals surface area contributed by atoms with Gasteiger partial charge in [-0.15, -0.1) is 0 Å². The minimum Gasteiger partial charge on any atom is -0.494 e. The van der Waals surface area contributed by atoms with Gasteiger partial charge in [-0.3, -0.25) is 14.6 Å². The predicted octanol–water partition coefficient (Wildman–Crippen LogP) is 6.41. The first-order valence-electron chi connectivity index (χ1n) is 14.1. The van der Waals surface area contributed by atoms with Crippen molar-refractivity contribution in [1.82, 2.24) is 4.90 Å². The molecule has 0 aliphatic carbocycles. The predicted molar refractivity (Wildman–Crippen MR) is 159 cm³/mol. The molecule has 2 aliphatic rings. The molecule has 40 heavy (non-hydrogen) atoms. The first kappa shape index (κ1) is 30.3. The van der Waals surface area contributed by atoms with Crippen LogP contribution in [0.5, 0.6) is 5.75 Å². The summed E-state index contributed by atoms with van der Waals surface area (Å²) in [5.74, 6) is 1.04. The SMILES string of the molecule is CC(C)CCOC(=O)OCN1C(=O)CCc2ccc(OCCCCN3CCN(c4cccc(Cl)c4Cl)CC3)cc21. The van der Waals surface area contributed by atoms with Gasteiger partial charge in [0.25, 0.3) is 0 Å². The number of unbranched alkanes of at least 4 members (excludes halogenated alkanes) is 1. The molecule has 0 bridgehead atoms. The van der Waals surface area contributed by atoms with E-state index in [-0.39, 0.29) is 12.6 Å². The largest absolute Gasteiger partial charge is 0.510 e. The number of carbonyl (C=O) groups excluding carboxylic acids is 2. The van der Waals surface area contributed by atoms with E-state index in [1.807, 2.05) is 36.4 Å². The van der Waals surface area contributed by atoms with Crippen LogP contribution in [0.15, 0.2) is 36.4 Å². The van der Waals surface area contributed by atoms with E-state index < -0.39 is 6.16 Å². The van der Waals surface area contributed by atoms with Gasteiger partial charge in [-0.2, -0.15) is 0 Å². The van der Waals surface area contributed by atoms with Crippen LogP contribution in [0.4, 0.5) is 16.2 Å². The molecule has 0 N–H and O–H groups in total. The number of hydrogen-bond donors (Lipinski definition) is 0. The lowest BCUT2D eigenvalue weighted by molar-refractivity contribution is -0.119. The number of benzene rings is 2. The zero-order valence-electron chi connectivity index (χ0n) is 23.4. The first-order valence-corrected chi connectivity index (χ1v) is 14.8. The van der Waals surface area contributed by atoms with E-state index in [2.05, 4.69) is 23.6 Å². The van der Waals surface area contributed by atoms with Crippen LogP contribution >= 0.6 is 23.2 Å². The summed E-state index contributed by atoms with van der Waals surface area (Å²) in [6.07, 6.45) is 2.98. The van der Waals surface area contributed by atoms with Gasteiger partial charge in [0.1, 0.15) is 5.75 Å². The second-order valence-electron chi connectivity index (χ2n) is 10.6. The number of piperazine rings is 1. The highest BCUT2D eigenvalue weighted by molar-refractivity contribution is 6.43. The van der Waals surface area contributed by atoms with Crippen LogP contribution < -0.4 is 14.5 Å². The number of halogens is 2. The van der Waals surface area contributed by atoms with Crippen LogP contribution in [0.1, 0.15) is 45.1 Å². The number of rotatable bonds is 12. The number of nitrogens with zero attached hydrogens (tertiary/aromatic N) is 3. The Bertz CT molecular complexity index is 1150. The summed E-state index contributed by atoms with van der Waals surface area (Å²) in [5, 5.41) is 1.21. The summed E-state index contributed by atoms with van der Waals surface area (Å²) in [5.41, 5.74) is 2.75. The number of ether oxygens (including phenoxy) is 3. The van der Waals surface area contributed by atoms with Crippen LogP contribution in [0, 0.1) is 5.92 Å². The van der Waals surface area contributed by atoms with E-state index in [1.165, 1.54) is 4.90 Å². The lowest BCUT2D eigenvalue weighted by atomic mass is 10.0. The van der Waals surface area contributed by atoms with Gasteiger partial charge in [0.15, 0.2) is 6.73 Å². The fraction of sp³-hybridized carbons (Fsp3) is 0.533. The van der Waals surface area contributed by atoms with Crippen LogP contribution in [0.3, 0.4) is 0 Å². The molecule has 218 valence electrons. The molecular formula is C30H39Cl2N3O5. The third-order valence-corrected chi connectivity index (χ3v) is 8.07. The van der Waals surface area contributed by atoms with Gasteiger partial charge in [0, 0.05) is 38.7 Å². The molecule has 0 saturated carbocycles. The van der Waals surface area contributed by atoms with E-state index in [1.54, 1.807) is 0 Å². The number of carbonyl (C=O) groups is 2. The Balaban J connectivity index is 1.18. The van der Waals surface area contributed by atoms with E-state index in [9.17, 15) is 9.59 Å². The van der Waals surface area contributed by atoms with Crippen molar-refractivity contribution in [3.05, 3.63) is 52.0 Å². The van der Waals surface area contributed by atoms with Crippen molar-refractivity contribution >= 4 is 46.6 Å². The first-order chi connectivity index (χ1) is 19.3. The zero-order valence-corrected chi connectivity index (χ0v) is 24.9. The smallest absolute Gasteiger partial charge is 0.494 e. The van der Waals surface area contributed by atoms with Gasteiger partial charge in [-0.05, 0) is 61.9 Å². The Morgan fingerprint density at radius 1 is 0.950 bits per heavy atom. The number of aryl methyl sites for hydroxylation is 1. The summed E-state index contributed by atoms with van der Waals surface area (Å²) in [4.78, 5) is 30.8. The molecule has 1 saturated heterocycles. The monoisotopic (exact) mass is 591 g/mol. The van der Waals surface area contributed by atoms with Crippen LogP contribution in [0.2, 0.25) is 10.0 Å². The topological polar surface area (TPSA) is 71.5 Å². The minimum absolute atomic E-state index is 0.0858. The number of amides is 1. The molecule has 2 aromatic carbocycles. The average Bonchev–Trinajstić information content (AvgIpc) is 2.94. The summed E-state index contributed by atoms with van der Waals surface area (Å²) in [7, 11) is 0. The molecule has 0 atom stereocenters. The fourth-order valence-corrected chi connectivity index (χ4v) is 5.28. The van der Waals surface area contributed by atoms with Gasteiger partial charge in [0.2, 0.25) is 5.91 Å². The van der Waals surface area contributed by atoms with Gasteiger partial charge in [-0.25, -0.2) is 4.79 Å². The summed E-state index contributed by atoms with van der Waals surface area (Å²) in [6, 6.07) is 11.6. The fourth-order valence-electron chi connectivity index (χ4n) is 4.86. The molecule has 2 heterocycles.